The molecular weight excluding hydrogens is 449 g/mol. The summed E-state index contributed by atoms with van der Waals surface area (Å²) in [6, 6.07) is 0. The van der Waals surface area contributed by atoms with Crippen LogP contribution < -0.4 is 0 Å². The molecule has 0 amide bonds. The largest absolute Gasteiger partial charge is 0.457 e. The average Bonchev–Trinajstić information content (AvgIpc) is 2.38. The Hall–Kier alpha value is 0.872. The lowest BCUT2D eigenvalue weighted by Crippen LogP contribution is -2.52. The highest BCUT2D eigenvalue weighted by molar-refractivity contribution is 7.70. The Morgan fingerprint density at radius 1 is 0.783 bits per heavy atom. The molecule has 0 fully saturated rings. The van der Waals surface area contributed by atoms with Gasteiger partial charge in [0, 0.05) is 0 Å². The van der Waals surface area contributed by atoms with Crippen LogP contribution in [0.2, 0.25) is 45.8 Å². The van der Waals surface area contributed by atoms with Crippen molar-refractivity contribution in [2.45, 2.75) is 45.8 Å². The van der Waals surface area contributed by atoms with E-state index in [1.54, 1.807) is 6.55 Å². The molecule has 0 saturated heterocycles. The predicted octanol–water partition coefficient (Wildman–Crippen LogP) is -0.875. The summed E-state index contributed by atoms with van der Waals surface area (Å²) in [5, 5.41) is 0. The molecule has 7 nitrogen and oxygen atoms in total. The zero-order valence-electron chi connectivity index (χ0n) is 14.6. The van der Waals surface area contributed by atoms with Crippen LogP contribution in [0.5, 0.6) is 0 Å². The Balaban J connectivity index is 4.82. The van der Waals surface area contributed by atoms with Crippen molar-refractivity contribution >= 4 is 73.1 Å². The molecule has 0 aliphatic heterocycles. The summed E-state index contributed by atoms with van der Waals surface area (Å²) in [6.07, 6.45) is 0. The van der Waals surface area contributed by atoms with Gasteiger partial charge in [0.1, 0.15) is 0 Å². The molecule has 0 aromatic heterocycles. The van der Waals surface area contributed by atoms with E-state index in [0.29, 0.717) is 0 Å². The molecular formula is C7H24O7Si9. The van der Waals surface area contributed by atoms with Crippen LogP contribution in [-0.2, 0) is 30.5 Å². The van der Waals surface area contributed by atoms with Crippen LogP contribution in [0.15, 0.2) is 0 Å². The summed E-state index contributed by atoms with van der Waals surface area (Å²) in [6.45, 7) is 13.3. The van der Waals surface area contributed by atoms with Gasteiger partial charge in [-0.25, -0.2) is 0 Å². The summed E-state index contributed by atoms with van der Waals surface area (Å²) in [4.78, 5) is 0. The van der Waals surface area contributed by atoms with Crippen LogP contribution in [0.25, 0.3) is 0 Å². The van der Waals surface area contributed by atoms with Gasteiger partial charge in [-0.1, -0.05) is 0 Å². The summed E-state index contributed by atoms with van der Waals surface area (Å²) in [5.41, 5.74) is 0. The van der Waals surface area contributed by atoms with Crippen LogP contribution in [0.4, 0.5) is 0 Å². The third kappa shape index (κ3) is 9.81. The van der Waals surface area contributed by atoms with Crippen LogP contribution in [-0.4, -0.2) is 73.1 Å². The Kier molecular flexibility index (Phi) is 9.90. The van der Waals surface area contributed by atoms with Crippen molar-refractivity contribution in [1.29, 1.82) is 0 Å². The summed E-state index contributed by atoms with van der Waals surface area (Å²) >= 11 is 0. The first-order valence-electron chi connectivity index (χ1n) is 7.17. The van der Waals surface area contributed by atoms with Gasteiger partial charge in [-0.2, -0.15) is 0 Å². The van der Waals surface area contributed by atoms with Gasteiger partial charge >= 0.3 is 38.6 Å². The molecule has 1 atom stereocenters. The van der Waals surface area contributed by atoms with Crippen molar-refractivity contribution in [1.82, 2.24) is 0 Å². The van der Waals surface area contributed by atoms with Crippen molar-refractivity contribution in [3.8, 4) is 0 Å². The standard InChI is InChI=1S/C7H24O7Si9/c1-16(14-23(5,6)7)18(9)20(11)21(12)19(10)17(8)15-13-22(2,3)4/h16H,15H2,1-7H3. The zero-order chi connectivity index (χ0) is 18.6. The molecule has 130 valence electrons. The van der Waals surface area contributed by atoms with Gasteiger partial charge in [0.25, 0.3) is 0 Å². The molecule has 0 N–H and O–H groups in total. The maximum absolute atomic E-state index is 12.3. The minimum atomic E-state index is -3.06. The molecule has 0 aromatic carbocycles. The van der Waals surface area contributed by atoms with Gasteiger partial charge in [0.15, 0.2) is 16.6 Å². The topological polar surface area (TPSA) is 104 Å². The molecule has 0 rings (SSSR count). The van der Waals surface area contributed by atoms with E-state index in [2.05, 4.69) is 0 Å². The smallest absolute Gasteiger partial charge is 0.380 e. The van der Waals surface area contributed by atoms with Crippen molar-refractivity contribution in [3.05, 3.63) is 0 Å². The fourth-order valence-electron chi connectivity index (χ4n) is 1.46. The minimum absolute atomic E-state index is 1.52. The Morgan fingerprint density at radius 2 is 1.26 bits per heavy atom. The second kappa shape index (κ2) is 9.54. The molecule has 1 unspecified atom stereocenters. The van der Waals surface area contributed by atoms with E-state index < -0.39 is 73.1 Å². The first kappa shape index (κ1) is 23.9. The fraction of sp³-hybridized carbons (Fsp3) is 1.00. The third-order valence-electron chi connectivity index (χ3n) is 2.43. The van der Waals surface area contributed by atoms with E-state index in [-0.39, 0.29) is 0 Å². The number of hydrogen-bond donors (Lipinski definition) is 0. The van der Waals surface area contributed by atoms with Gasteiger partial charge in [0.2, 0.25) is 17.8 Å². The van der Waals surface area contributed by atoms with Gasteiger partial charge in [-0.05, 0) is 45.8 Å². The fourth-order valence-corrected chi connectivity index (χ4v) is 77.1. The summed E-state index contributed by atoms with van der Waals surface area (Å²) in [5.74, 6) is 0. The summed E-state index contributed by atoms with van der Waals surface area (Å²) < 4.78 is 72.1. The van der Waals surface area contributed by atoms with Gasteiger partial charge in [-0.3, -0.25) is 0 Å². The van der Waals surface area contributed by atoms with Gasteiger partial charge in [-0.15, -0.1) is 0 Å². The van der Waals surface area contributed by atoms with Crippen LogP contribution in [0, 0.1) is 0 Å². The molecule has 23 heavy (non-hydrogen) atoms. The molecule has 0 radical (unpaired) electrons. The van der Waals surface area contributed by atoms with E-state index in [1.165, 1.54) is 0 Å². The highest BCUT2D eigenvalue weighted by Crippen LogP contribution is 2.05. The second-order valence-electron chi connectivity index (χ2n) is 7.05. The molecule has 0 heterocycles. The molecule has 0 aromatic rings. The van der Waals surface area contributed by atoms with Crippen molar-refractivity contribution < 1.29 is 30.5 Å². The molecule has 0 aliphatic rings. The lowest BCUT2D eigenvalue weighted by atomic mass is 11.8. The van der Waals surface area contributed by atoms with E-state index >= 15 is 0 Å². The number of hydrogen-bond acceptors (Lipinski definition) is 7. The normalized spacial score (nSPS) is 13.9. The van der Waals surface area contributed by atoms with Gasteiger partial charge in [0.05, 0.1) is 0 Å². The second-order valence-corrected chi connectivity index (χ2v) is 49.2. The van der Waals surface area contributed by atoms with E-state index in [9.17, 15) is 22.3 Å². The van der Waals surface area contributed by atoms with Crippen molar-refractivity contribution in [2.75, 3.05) is 0 Å². The molecule has 0 saturated carbocycles. The minimum Gasteiger partial charge on any atom is -0.457 e. The molecule has 0 aliphatic carbocycles. The van der Waals surface area contributed by atoms with E-state index in [4.69, 9.17) is 8.23 Å². The van der Waals surface area contributed by atoms with Crippen LogP contribution >= 0.6 is 0 Å². The first-order chi connectivity index (χ1) is 10.2. The average molecular weight is 473 g/mol. The highest BCUT2D eigenvalue weighted by Gasteiger charge is 2.44. The van der Waals surface area contributed by atoms with Crippen LogP contribution in [0.3, 0.4) is 0 Å². The predicted molar refractivity (Wildman–Crippen MR) is 103 cm³/mol. The van der Waals surface area contributed by atoms with Crippen molar-refractivity contribution in [3.63, 3.8) is 0 Å². The highest BCUT2D eigenvalue weighted by atomic mass is 30.0. The Labute approximate surface area is 149 Å². The third-order valence-corrected chi connectivity index (χ3v) is 57.6. The first-order valence-corrected chi connectivity index (χ1v) is 31.4. The quantitative estimate of drug-likeness (QED) is 0.380. The monoisotopic (exact) mass is 472 g/mol. The van der Waals surface area contributed by atoms with Crippen LogP contribution in [0.1, 0.15) is 0 Å². The van der Waals surface area contributed by atoms with Crippen molar-refractivity contribution in [2.24, 2.45) is 0 Å². The van der Waals surface area contributed by atoms with Gasteiger partial charge < -0.3 is 30.5 Å². The molecule has 16 heteroatoms. The molecule has 0 bridgehead atoms. The zero-order valence-corrected chi connectivity index (χ0v) is 24.2. The molecule has 0 spiro atoms. The van der Waals surface area contributed by atoms with E-state index in [0.717, 1.165) is 0 Å². The number of rotatable bonds is 10. The summed E-state index contributed by atoms with van der Waals surface area (Å²) in [7, 11) is -21.7. The van der Waals surface area contributed by atoms with E-state index in [1.807, 2.05) is 39.3 Å². The Morgan fingerprint density at radius 3 is 1.65 bits per heavy atom. The Bertz CT molecular complexity index is 533. The maximum atomic E-state index is 12.3. The lowest BCUT2D eigenvalue weighted by Gasteiger charge is -2.20. The maximum Gasteiger partial charge on any atom is 0.380 e. The SMILES string of the molecule is C[SiH](O[Si](C)(C)C)[Si](=O)[Si](=O)[Si](=O)[Si](=O)[Si](=O)[SiH2]O[Si](C)(C)C. The lowest BCUT2D eigenvalue weighted by molar-refractivity contribution is 0.536.